The lowest BCUT2D eigenvalue weighted by Gasteiger charge is -2.19. The van der Waals surface area contributed by atoms with Gasteiger partial charge in [-0.2, -0.15) is 10.2 Å². The van der Waals surface area contributed by atoms with Crippen LogP contribution in [-0.4, -0.2) is 53.4 Å². The molecule has 0 fully saturated rings. The van der Waals surface area contributed by atoms with Gasteiger partial charge in [0.1, 0.15) is 24.2 Å². The Balaban J connectivity index is 1.47. The second-order valence-corrected chi connectivity index (χ2v) is 9.09. The monoisotopic (exact) mass is 504 g/mol. The van der Waals surface area contributed by atoms with E-state index >= 15 is 0 Å². The summed E-state index contributed by atoms with van der Waals surface area (Å²) in [6, 6.07) is 13.3. The van der Waals surface area contributed by atoms with E-state index in [9.17, 15) is 10.1 Å². The number of ether oxygens (including phenoxy) is 3. The Bertz CT molecular complexity index is 1260. The zero-order valence-corrected chi connectivity index (χ0v) is 21.5. The predicted octanol–water partition coefficient (Wildman–Crippen LogP) is 4.99. The second kappa shape index (κ2) is 12.4. The van der Waals surface area contributed by atoms with Crippen molar-refractivity contribution in [2.75, 3.05) is 26.3 Å². The normalized spacial score (nSPS) is 13.4. The van der Waals surface area contributed by atoms with Crippen LogP contribution in [0, 0.1) is 11.3 Å². The quantitative estimate of drug-likeness (QED) is 0.278. The number of fused-ring (bicyclic) bond motifs is 1. The zero-order chi connectivity index (χ0) is 26.2. The van der Waals surface area contributed by atoms with E-state index in [1.54, 1.807) is 18.2 Å². The number of aromatic nitrogens is 2. The number of para-hydroxylation sites is 1. The highest BCUT2D eigenvalue weighted by atomic mass is 16.5. The number of benzene rings is 2. The summed E-state index contributed by atoms with van der Waals surface area (Å²) in [5.41, 5.74) is 2.86. The van der Waals surface area contributed by atoms with Crippen molar-refractivity contribution in [2.45, 2.75) is 52.7 Å². The third-order valence-corrected chi connectivity index (χ3v) is 5.93. The van der Waals surface area contributed by atoms with Crippen LogP contribution in [-0.2, 0) is 16.1 Å². The third kappa shape index (κ3) is 6.66. The molecular weight excluding hydrogens is 472 g/mol. The highest BCUT2D eigenvalue weighted by Gasteiger charge is 2.22. The van der Waals surface area contributed by atoms with Crippen LogP contribution in [0.15, 0.2) is 40.9 Å². The molecule has 0 bridgehead atoms. The minimum absolute atomic E-state index is 0.0400. The van der Waals surface area contributed by atoms with Crippen molar-refractivity contribution in [2.24, 2.45) is 0 Å². The molecule has 2 aromatic carbocycles. The van der Waals surface area contributed by atoms with E-state index in [1.165, 1.54) is 0 Å². The average Bonchev–Trinajstić information content (AvgIpc) is 3.27. The summed E-state index contributed by atoms with van der Waals surface area (Å²) in [5, 5.41) is 13.7. The maximum atomic E-state index is 11.6. The van der Waals surface area contributed by atoms with Gasteiger partial charge in [-0.05, 0) is 64.4 Å². The van der Waals surface area contributed by atoms with Crippen LogP contribution in [0.5, 0.6) is 11.5 Å². The lowest BCUT2D eigenvalue weighted by atomic mass is 10.1. The lowest BCUT2D eigenvalue weighted by molar-refractivity contribution is -0.143. The molecule has 0 saturated heterocycles. The van der Waals surface area contributed by atoms with Gasteiger partial charge in [0.25, 0.3) is 5.89 Å². The topological polar surface area (TPSA) is 111 Å². The lowest BCUT2D eigenvalue weighted by Crippen LogP contribution is -2.26. The molecule has 0 spiro atoms. The summed E-state index contributed by atoms with van der Waals surface area (Å²) in [5.74, 6) is 1.88. The molecular formula is C28H32N4O5. The Hall–Kier alpha value is -3.90. The fourth-order valence-electron chi connectivity index (χ4n) is 4.24. The SMILES string of the molecule is CCOC(=O)CCCCN1CCOc2c(cccc2-c2noc(-c3ccc(OC(C)C)c(C#N)c3)n2)C1. The average molecular weight is 505 g/mol. The molecule has 0 amide bonds. The van der Waals surface area contributed by atoms with E-state index in [0.717, 1.165) is 49.4 Å². The first-order chi connectivity index (χ1) is 18.0. The Kier molecular flexibility index (Phi) is 8.75. The molecule has 2 heterocycles. The van der Waals surface area contributed by atoms with Gasteiger partial charge in [0.2, 0.25) is 5.82 Å². The molecule has 4 rings (SSSR count). The number of carbonyl (C=O) groups is 1. The molecule has 1 aromatic heterocycles. The number of carbonyl (C=O) groups excluding carboxylic acids is 1. The zero-order valence-electron chi connectivity index (χ0n) is 21.5. The number of nitriles is 1. The first-order valence-corrected chi connectivity index (χ1v) is 12.7. The second-order valence-electron chi connectivity index (χ2n) is 9.09. The summed E-state index contributed by atoms with van der Waals surface area (Å²) in [7, 11) is 0. The van der Waals surface area contributed by atoms with Crippen molar-refractivity contribution in [1.82, 2.24) is 15.0 Å². The van der Waals surface area contributed by atoms with Crippen LogP contribution in [0.3, 0.4) is 0 Å². The van der Waals surface area contributed by atoms with E-state index in [0.29, 0.717) is 48.2 Å². The van der Waals surface area contributed by atoms with Crippen molar-refractivity contribution in [3.63, 3.8) is 0 Å². The predicted molar refractivity (Wildman–Crippen MR) is 137 cm³/mol. The van der Waals surface area contributed by atoms with Crippen LogP contribution >= 0.6 is 0 Å². The number of rotatable bonds is 10. The summed E-state index contributed by atoms with van der Waals surface area (Å²) in [4.78, 5) is 18.5. The number of esters is 1. The summed E-state index contributed by atoms with van der Waals surface area (Å²) < 4.78 is 22.4. The minimum Gasteiger partial charge on any atom is -0.491 e. The molecule has 1 aliphatic heterocycles. The molecule has 9 heteroatoms. The maximum absolute atomic E-state index is 11.6. The fraction of sp³-hybridized carbons (Fsp3) is 0.429. The fourth-order valence-corrected chi connectivity index (χ4v) is 4.24. The Morgan fingerprint density at radius 3 is 2.89 bits per heavy atom. The van der Waals surface area contributed by atoms with E-state index in [4.69, 9.17) is 18.7 Å². The Labute approximate surface area is 216 Å². The van der Waals surface area contributed by atoms with Gasteiger partial charge in [-0.3, -0.25) is 9.69 Å². The van der Waals surface area contributed by atoms with Crippen LogP contribution in [0.1, 0.15) is 51.2 Å². The highest BCUT2D eigenvalue weighted by molar-refractivity contribution is 5.69. The van der Waals surface area contributed by atoms with Gasteiger partial charge in [-0.15, -0.1) is 0 Å². The minimum atomic E-state index is -0.139. The largest absolute Gasteiger partial charge is 0.491 e. The number of hydrogen-bond donors (Lipinski definition) is 0. The Morgan fingerprint density at radius 1 is 1.24 bits per heavy atom. The van der Waals surface area contributed by atoms with Crippen LogP contribution in [0.2, 0.25) is 0 Å². The van der Waals surface area contributed by atoms with Crippen molar-refractivity contribution in [3.05, 3.63) is 47.5 Å². The van der Waals surface area contributed by atoms with Crippen LogP contribution < -0.4 is 9.47 Å². The highest BCUT2D eigenvalue weighted by Crippen LogP contribution is 2.35. The van der Waals surface area contributed by atoms with Crippen LogP contribution in [0.25, 0.3) is 22.8 Å². The molecule has 0 N–H and O–H groups in total. The molecule has 0 aliphatic carbocycles. The van der Waals surface area contributed by atoms with Crippen molar-refractivity contribution in [1.29, 1.82) is 5.26 Å². The van der Waals surface area contributed by atoms with Crippen LogP contribution in [0.4, 0.5) is 0 Å². The molecule has 1 aliphatic rings. The molecule has 194 valence electrons. The standard InChI is InChI=1S/C28H32N4O5/c1-4-34-25(33)10-5-6-13-32-14-15-35-26-21(18-32)8-7-9-23(26)27-30-28(37-31-27)20-11-12-24(36-19(2)3)22(16-20)17-29/h7-9,11-12,16,19H,4-6,10,13-15,18H2,1-3H3. The van der Waals surface area contributed by atoms with Gasteiger partial charge in [-0.25, -0.2) is 0 Å². The number of unbranched alkanes of at least 4 members (excludes halogenated alkanes) is 1. The Morgan fingerprint density at radius 2 is 2.11 bits per heavy atom. The number of hydrogen-bond acceptors (Lipinski definition) is 9. The molecule has 0 saturated carbocycles. The van der Waals surface area contributed by atoms with Crippen molar-refractivity contribution >= 4 is 5.97 Å². The first-order valence-electron chi connectivity index (χ1n) is 12.7. The summed E-state index contributed by atoms with van der Waals surface area (Å²) in [6.07, 6.45) is 2.12. The molecule has 3 aromatic rings. The first kappa shape index (κ1) is 26.2. The molecule has 0 unspecified atom stereocenters. The van der Waals surface area contributed by atoms with Gasteiger partial charge in [0.15, 0.2) is 0 Å². The molecule has 37 heavy (non-hydrogen) atoms. The van der Waals surface area contributed by atoms with Crippen molar-refractivity contribution in [3.8, 4) is 40.4 Å². The molecule has 9 nitrogen and oxygen atoms in total. The summed E-state index contributed by atoms with van der Waals surface area (Å²) >= 11 is 0. The van der Waals surface area contributed by atoms with Gasteiger partial charge in [0.05, 0.1) is 23.8 Å². The third-order valence-electron chi connectivity index (χ3n) is 5.93. The van der Waals surface area contributed by atoms with Gasteiger partial charge in [-0.1, -0.05) is 17.3 Å². The van der Waals surface area contributed by atoms with E-state index in [-0.39, 0.29) is 12.1 Å². The number of nitrogens with zero attached hydrogens (tertiary/aromatic N) is 4. The van der Waals surface area contributed by atoms with E-state index in [2.05, 4.69) is 21.1 Å². The van der Waals surface area contributed by atoms with E-state index in [1.807, 2.05) is 39.0 Å². The van der Waals surface area contributed by atoms with Gasteiger partial charge in [0, 0.05) is 30.6 Å². The maximum Gasteiger partial charge on any atom is 0.305 e. The van der Waals surface area contributed by atoms with Crippen molar-refractivity contribution < 1.29 is 23.5 Å². The molecule has 0 atom stereocenters. The smallest absolute Gasteiger partial charge is 0.305 e. The van der Waals surface area contributed by atoms with E-state index < -0.39 is 0 Å². The summed E-state index contributed by atoms with van der Waals surface area (Å²) in [6.45, 7) is 8.99. The van der Waals surface area contributed by atoms with Gasteiger partial charge < -0.3 is 18.7 Å². The molecule has 0 radical (unpaired) electrons. The van der Waals surface area contributed by atoms with Gasteiger partial charge >= 0.3 is 5.97 Å².